The van der Waals surface area contributed by atoms with Gasteiger partial charge in [0.1, 0.15) is 5.82 Å². The Balaban J connectivity index is 2.79. The third-order valence-electron chi connectivity index (χ3n) is 1.98. The molecule has 0 saturated heterocycles. The highest BCUT2D eigenvalue weighted by Crippen LogP contribution is 2.26. The molecule has 78 valence electrons. The van der Waals surface area contributed by atoms with Crippen LogP contribution in [-0.2, 0) is 0 Å². The van der Waals surface area contributed by atoms with E-state index in [9.17, 15) is 9.50 Å². The number of aliphatic hydroxyl groups is 2. The van der Waals surface area contributed by atoms with Crippen molar-refractivity contribution in [2.75, 3.05) is 6.61 Å². The van der Waals surface area contributed by atoms with Crippen molar-refractivity contribution < 1.29 is 14.6 Å². The quantitative estimate of drug-likeness (QED) is 0.875. The summed E-state index contributed by atoms with van der Waals surface area (Å²) in [5.74, 6) is -0.432. The van der Waals surface area contributed by atoms with E-state index in [1.54, 1.807) is 18.2 Å². The molecule has 1 aromatic rings. The van der Waals surface area contributed by atoms with Crippen LogP contribution in [0.15, 0.2) is 22.7 Å². The van der Waals surface area contributed by atoms with Crippen LogP contribution in [0.2, 0.25) is 0 Å². The van der Waals surface area contributed by atoms with Crippen molar-refractivity contribution in [3.63, 3.8) is 0 Å². The van der Waals surface area contributed by atoms with Gasteiger partial charge in [0.25, 0.3) is 0 Å². The van der Waals surface area contributed by atoms with Gasteiger partial charge in [-0.1, -0.05) is 12.1 Å². The van der Waals surface area contributed by atoms with Crippen molar-refractivity contribution in [2.24, 2.45) is 0 Å². The Morgan fingerprint density at radius 3 is 2.79 bits per heavy atom. The maximum absolute atomic E-state index is 13.4. The highest BCUT2D eigenvalue weighted by atomic mass is 79.9. The summed E-state index contributed by atoms with van der Waals surface area (Å²) in [4.78, 5) is 0. The number of hydrogen-bond donors (Lipinski definition) is 2. The molecular weight excluding hydrogens is 251 g/mol. The second-order valence-electron chi connectivity index (χ2n) is 3.02. The normalized spacial score (nSPS) is 12.9. The van der Waals surface area contributed by atoms with Crippen molar-refractivity contribution in [1.29, 1.82) is 0 Å². The molecule has 2 nitrogen and oxygen atoms in total. The molecule has 1 unspecified atom stereocenters. The summed E-state index contributed by atoms with van der Waals surface area (Å²) in [6, 6.07) is 4.80. The van der Waals surface area contributed by atoms with Gasteiger partial charge in [0, 0.05) is 12.2 Å². The molecule has 2 N–H and O–H groups in total. The Kier molecular flexibility index (Phi) is 4.51. The molecule has 1 atom stereocenters. The van der Waals surface area contributed by atoms with E-state index < -0.39 is 11.9 Å². The molecule has 0 aliphatic heterocycles. The molecule has 0 saturated carbocycles. The zero-order valence-corrected chi connectivity index (χ0v) is 9.17. The maximum Gasteiger partial charge on any atom is 0.143 e. The first-order valence-electron chi connectivity index (χ1n) is 4.39. The summed E-state index contributed by atoms with van der Waals surface area (Å²) in [7, 11) is 0. The molecule has 0 bridgehead atoms. The summed E-state index contributed by atoms with van der Waals surface area (Å²) < 4.78 is 13.8. The Morgan fingerprint density at radius 1 is 1.43 bits per heavy atom. The molecule has 14 heavy (non-hydrogen) atoms. The number of hydrogen-bond acceptors (Lipinski definition) is 2. The van der Waals surface area contributed by atoms with Crippen LogP contribution in [-0.4, -0.2) is 16.8 Å². The zero-order chi connectivity index (χ0) is 10.6. The third kappa shape index (κ3) is 2.77. The first-order chi connectivity index (χ1) is 6.66. The van der Waals surface area contributed by atoms with Crippen molar-refractivity contribution in [3.8, 4) is 0 Å². The van der Waals surface area contributed by atoms with E-state index in [-0.39, 0.29) is 12.2 Å². The van der Waals surface area contributed by atoms with Gasteiger partial charge in [-0.15, -0.1) is 0 Å². The third-order valence-corrected chi connectivity index (χ3v) is 2.59. The second-order valence-corrected chi connectivity index (χ2v) is 3.88. The Labute approximate surface area is 90.5 Å². The van der Waals surface area contributed by atoms with Crippen LogP contribution in [0.25, 0.3) is 0 Å². The summed E-state index contributed by atoms with van der Waals surface area (Å²) >= 11 is 3.05. The lowest BCUT2D eigenvalue weighted by molar-refractivity contribution is 0.147. The Morgan fingerprint density at radius 2 is 2.14 bits per heavy atom. The lowest BCUT2D eigenvalue weighted by Gasteiger charge is -2.11. The first kappa shape index (κ1) is 11.6. The van der Waals surface area contributed by atoms with Crippen LogP contribution in [0.3, 0.4) is 0 Å². The zero-order valence-electron chi connectivity index (χ0n) is 7.58. The molecule has 0 radical (unpaired) electrons. The highest BCUT2D eigenvalue weighted by Gasteiger charge is 2.13. The molecule has 1 aromatic carbocycles. The summed E-state index contributed by atoms with van der Waals surface area (Å²) in [6.07, 6.45) is -0.0172. The molecule has 0 aliphatic rings. The molecule has 4 heteroatoms. The van der Waals surface area contributed by atoms with Crippen LogP contribution >= 0.6 is 15.9 Å². The summed E-state index contributed by atoms with van der Waals surface area (Å²) in [5.41, 5.74) is 0.271. The van der Waals surface area contributed by atoms with Gasteiger partial charge >= 0.3 is 0 Å². The van der Waals surface area contributed by atoms with E-state index in [1.165, 1.54) is 0 Å². The predicted molar refractivity (Wildman–Crippen MR) is 55.4 cm³/mol. The van der Waals surface area contributed by atoms with E-state index in [1.807, 2.05) is 0 Å². The smallest absolute Gasteiger partial charge is 0.143 e. The molecule has 0 amide bonds. The minimum absolute atomic E-state index is 0.00663. The minimum atomic E-state index is -0.848. The van der Waals surface area contributed by atoms with Crippen LogP contribution in [0.4, 0.5) is 4.39 Å². The monoisotopic (exact) mass is 262 g/mol. The van der Waals surface area contributed by atoms with Gasteiger partial charge < -0.3 is 10.2 Å². The van der Waals surface area contributed by atoms with Crippen LogP contribution in [0.5, 0.6) is 0 Å². The van der Waals surface area contributed by atoms with Crippen molar-refractivity contribution in [2.45, 2.75) is 18.9 Å². The van der Waals surface area contributed by atoms with E-state index in [0.717, 1.165) is 0 Å². The molecule has 1 rings (SSSR count). The molecule has 0 aromatic heterocycles. The van der Waals surface area contributed by atoms with E-state index in [0.29, 0.717) is 17.3 Å². The Hall–Kier alpha value is -0.450. The highest BCUT2D eigenvalue weighted by molar-refractivity contribution is 9.10. The van der Waals surface area contributed by atoms with E-state index in [2.05, 4.69) is 15.9 Å². The first-order valence-corrected chi connectivity index (χ1v) is 5.19. The van der Waals surface area contributed by atoms with Crippen LogP contribution in [0, 0.1) is 5.82 Å². The average Bonchev–Trinajstić information content (AvgIpc) is 2.18. The molecule has 0 fully saturated rings. The number of rotatable bonds is 4. The average molecular weight is 263 g/mol. The topological polar surface area (TPSA) is 40.5 Å². The fourth-order valence-corrected chi connectivity index (χ4v) is 1.60. The Bertz CT molecular complexity index is 304. The lowest BCUT2D eigenvalue weighted by Crippen LogP contribution is -2.02. The van der Waals surface area contributed by atoms with Gasteiger partial charge in [-0.3, -0.25) is 0 Å². The van der Waals surface area contributed by atoms with E-state index in [4.69, 9.17) is 5.11 Å². The van der Waals surface area contributed by atoms with Gasteiger partial charge in [-0.2, -0.15) is 0 Å². The maximum atomic E-state index is 13.4. The van der Waals surface area contributed by atoms with Gasteiger partial charge in [0.15, 0.2) is 0 Å². The number of aliphatic hydroxyl groups excluding tert-OH is 2. The predicted octanol–water partition coefficient (Wildman–Crippen LogP) is 2.39. The SMILES string of the molecule is OCCCC(O)c1cccc(Br)c1F. The summed E-state index contributed by atoms with van der Waals surface area (Å²) in [5, 5.41) is 18.2. The van der Waals surface area contributed by atoms with Gasteiger partial charge in [-0.05, 0) is 34.8 Å². The van der Waals surface area contributed by atoms with Crippen molar-refractivity contribution in [3.05, 3.63) is 34.1 Å². The summed E-state index contributed by atoms with van der Waals surface area (Å²) in [6.45, 7) is 0.00663. The van der Waals surface area contributed by atoms with Crippen molar-refractivity contribution in [1.82, 2.24) is 0 Å². The molecular formula is C10H12BrFO2. The molecule has 0 aliphatic carbocycles. The number of benzene rings is 1. The van der Waals surface area contributed by atoms with Gasteiger partial charge in [0.2, 0.25) is 0 Å². The standard InChI is InChI=1S/C10H12BrFO2/c11-8-4-1-3-7(10(8)12)9(14)5-2-6-13/h1,3-4,9,13-14H,2,5-6H2. The lowest BCUT2D eigenvalue weighted by atomic mass is 10.0. The van der Waals surface area contributed by atoms with Crippen LogP contribution in [0.1, 0.15) is 24.5 Å². The van der Waals surface area contributed by atoms with Crippen LogP contribution < -0.4 is 0 Å². The van der Waals surface area contributed by atoms with Gasteiger partial charge in [-0.25, -0.2) is 4.39 Å². The fraction of sp³-hybridized carbons (Fsp3) is 0.400. The van der Waals surface area contributed by atoms with Gasteiger partial charge in [0.05, 0.1) is 10.6 Å². The second kappa shape index (κ2) is 5.44. The number of halogens is 2. The van der Waals surface area contributed by atoms with Crippen molar-refractivity contribution >= 4 is 15.9 Å². The molecule has 0 heterocycles. The molecule has 0 spiro atoms. The largest absolute Gasteiger partial charge is 0.396 e. The van der Waals surface area contributed by atoms with E-state index >= 15 is 0 Å². The minimum Gasteiger partial charge on any atom is -0.396 e. The fourth-order valence-electron chi connectivity index (χ4n) is 1.22.